The summed E-state index contributed by atoms with van der Waals surface area (Å²) in [5.41, 5.74) is 4.00. The van der Waals surface area contributed by atoms with Crippen molar-refractivity contribution in [3.8, 4) is 0 Å². The van der Waals surface area contributed by atoms with Crippen LogP contribution in [-0.2, 0) is 11.6 Å². The quantitative estimate of drug-likeness (QED) is 0.379. The van der Waals surface area contributed by atoms with Gasteiger partial charge in [-0.3, -0.25) is 0 Å². The van der Waals surface area contributed by atoms with E-state index < -0.39 is 0 Å². The number of hydrogen-bond acceptors (Lipinski definition) is 0. The van der Waals surface area contributed by atoms with Crippen LogP contribution in [0.2, 0.25) is 0 Å². The number of rotatable bonds is 4. The topological polar surface area (TPSA) is 0 Å². The molecule has 0 nitrogen and oxygen atoms in total. The Labute approximate surface area is 152 Å². The highest BCUT2D eigenvalue weighted by molar-refractivity contribution is 14.0. The summed E-state index contributed by atoms with van der Waals surface area (Å²) < 4.78 is 0. The van der Waals surface area contributed by atoms with Gasteiger partial charge in [-0.1, -0.05) is 91.0 Å². The van der Waals surface area contributed by atoms with E-state index in [0.29, 0.717) is 0 Å². The van der Waals surface area contributed by atoms with Crippen molar-refractivity contribution in [3.05, 3.63) is 108 Å². The zero-order valence-corrected chi connectivity index (χ0v) is 15.8. The van der Waals surface area contributed by atoms with Crippen LogP contribution in [-0.4, -0.2) is 0 Å². The van der Waals surface area contributed by atoms with E-state index in [0.717, 1.165) is 6.42 Å². The number of hydrogen-bond donors (Lipinski definition) is 0. The lowest BCUT2D eigenvalue weighted by atomic mass is 9.85. The van der Waals surface area contributed by atoms with Crippen LogP contribution in [0.15, 0.2) is 91.0 Å². The molecule has 22 heavy (non-hydrogen) atoms. The van der Waals surface area contributed by atoms with Gasteiger partial charge in [-0.15, -0.1) is 33.2 Å². The highest BCUT2D eigenvalue weighted by atomic mass is 127. The van der Waals surface area contributed by atoms with Crippen molar-refractivity contribution in [1.29, 1.82) is 0 Å². The van der Waals surface area contributed by atoms with Crippen molar-refractivity contribution in [3.63, 3.8) is 0 Å². The predicted molar refractivity (Wildman–Crippen MR) is 109 cm³/mol. The molecule has 3 aromatic rings. The SMILES string of the molecule is I.PC(Cc1ccccc1)(c1ccccc1)c1ccccc1. The molecule has 1 atom stereocenters. The zero-order valence-electron chi connectivity index (χ0n) is 12.4. The minimum absolute atomic E-state index is 0. The van der Waals surface area contributed by atoms with Gasteiger partial charge in [-0.2, -0.15) is 0 Å². The fourth-order valence-corrected chi connectivity index (χ4v) is 3.38. The summed E-state index contributed by atoms with van der Waals surface area (Å²) in [7, 11) is 3.09. The van der Waals surface area contributed by atoms with Gasteiger partial charge in [0.1, 0.15) is 0 Å². The van der Waals surface area contributed by atoms with Gasteiger partial charge < -0.3 is 0 Å². The first kappa shape index (κ1) is 17.2. The summed E-state index contributed by atoms with van der Waals surface area (Å²) in [6.07, 6.45) is 0.965. The maximum atomic E-state index is 3.09. The highest BCUT2D eigenvalue weighted by Crippen LogP contribution is 2.41. The molecule has 0 N–H and O–H groups in total. The normalized spacial score (nSPS) is 10.8. The summed E-state index contributed by atoms with van der Waals surface area (Å²) in [5, 5.41) is -0.0934. The van der Waals surface area contributed by atoms with E-state index in [1.807, 2.05) is 0 Å². The van der Waals surface area contributed by atoms with Crippen molar-refractivity contribution in [1.82, 2.24) is 0 Å². The average Bonchev–Trinajstić information content (AvgIpc) is 2.57. The zero-order chi connectivity index (χ0) is 14.5. The number of benzene rings is 3. The lowest BCUT2D eigenvalue weighted by molar-refractivity contribution is 0.735. The standard InChI is InChI=1S/C20H19P.HI/c21-20(18-12-6-2-7-13-18,19-14-8-3-9-15-19)16-17-10-4-1-5-11-17;/h1-15H,16,21H2;1H. The molecular weight excluding hydrogens is 398 g/mol. The Balaban J connectivity index is 0.00000176. The Morgan fingerprint density at radius 3 is 1.36 bits per heavy atom. The highest BCUT2D eigenvalue weighted by Gasteiger charge is 2.29. The van der Waals surface area contributed by atoms with Crippen molar-refractivity contribution < 1.29 is 0 Å². The fourth-order valence-electron chi connectivity index (χ4n) is 2.76. The molecule has 1 unspecified atom stereocenters. The van der Waals surface area contributed by atoms with E-state index in [1.165, 1.54) is 16.7 Å². The molecule has 0 saturated heterocycles. The molecule has 0 aromatic heterocycles. The minimum Gasteiger partial charge on any atom is -0.121 e. The summed E-state index contributed by atoms with van der Waals surface area (Å²) in [6.45, 7) is 0. The van der Waals surface area contributed by atoms with E-state index in [-0.39, 0.29) is 29.1 Å². The molecule has 0 saturated carbocycles. The van der Waals surface area contributed by atoms with Crippen LogP contribution in [0.5, 0.6) is 0 Å². The van der Waals surface area contributed by atoms with Gasteiger partial charge in [-0.05, 0) is 23.1 Å². The molecule has 112 valence electrons. The molecule has 0 fully saturated rings. The summed E-state index contributed by atoms with van der Waals surface area (Å²) >= 11 is 0. The third-order valence-corrected chi connectivity index (χ3v) is 4.77. The van der Waals surface area contributed by atoms with Crippen LogP contribution >= 0.6 is 33.2 Å². The Hall–Kier alpha value is -1.18. The molecule has 2 heteroatoms. The monoisotopic (exact) mass is 418 g/mol. The second kappa shape index (κ2) is 7.89. The van der Waals surface area contributed by atoms with Crippen molar-refractivity contribution >= 4 is 33.2 Å². The molecule has 3 rings (SSSR count). The van der Waals surface area contributed by atoms with Gasteiger partial charge in [0.15, 0.2) is 0 Å². The lowest BCUT2D eigenvalue weighted by Gasteiger charge is -2.31. The van der Waals surface area contributed by atoms with Crippen LogP contribution in [0.4, 0.5) is 0 Å². The maximum Gasteiger partial charge on any atom is 0.0384 e. The van der Waals surface area contributed by atoms with E-state index in [4.69, 9.17) is 0 Å². The van der Waals surface area contributed by atoms with Crippen LogP contribution in [0.1, 0.15) is 16.7 Å². The van der Waals surface area contributed by atoms with E-state index in [2.05, 4.69) is 100 Å². The molecule has 0 aliphatic rings. The fraction of sp³-hybridized carbons (Fsp3) is 0.100. The number of halogens is 1. The Bertz CT molecular complexity index is 641. The molecule has 0 aliphatic carbocycles. The van der Waals surface area contributed by atoms with Crippen molar-refractivity contribution in [2.45, 2.75) is 11.6 Å². The third kappa shape index (κ3) is 3.77. The average molecular weight is 418 g/mol. The van der Waals surface area contributed by atoms with Gasteiger partial charge in [-0.25, -0.2) is 0 Å². The molecular formula is C20H20IP. The molecule has 0 bridgehead atoms. The Kier molecular flexibility index (Phi) is 6.16. The molecule has 3 aromatic carbocycles. The third-order valence-electron chi connectivity index (χ3n) is 3.90. The van der Waals surface area contributed by atoms with Gasteiger partial charge in [0.2, 0.25) is 0 Å². The second-order valence-corrected chi connectivity index (χ2v) is 6.35. The van der Waals surface area contributed by atoms with Gasteiger partial charge in [0.05, 0.1) is 0 Å². The Morgan fingerprint density at radius 2 is 0.955 bits per heavy atom. The van der Waals surface area contributed by atoms with Crippen molar-refractivity contribution in [2.24, 2.45) is 0 Å². The molecule has 0 aliphatic heterocycles. The molecule has 0 radical (unpaired) electrons. The van der Waals surface area contributed by atoms with Crippen LogP contribution in [0, 0.1) is 0 Å². The minimum atomic E-state index is -0.0934. The van der Waals surface area contributed by atoms with E-state index >= 15 is 0 Å². The lowest BCUT2D eigenvalue weighted by Crippen LogP contribution is -2.22. The molecule has 0 heterocycles. The molecule has 0 amide bonds. The first-order valence-corrected chi connectivity index (χ1v) is 7.81. The first-order valence-electron chi connectivity index (χ1n) is 7.23. The summed E-state index contributed by atoms with van der Waals surface area (Å²) in [6, 6.07) is 32.1. The smallest absolute Gasteiger partial charge is 0.0384 e. The van der Waals surface area contributed by atoms with Crippen LogP contribution in [0.25, 0.3) is 0 Å². The second-order valence-electron chi connectivity index (χ2n) is 5.37. The van der Waals surface area contributed by atoms with Crippen LogP contribution < -0.4 is 0 Å². The first-order chi connectivity index (χ1) is 10.3. The predicted octanol–water partition coefficient (Wildman–Crippen LogP) is 5.67. The molecule has 0 spiro atoms. The Morgan fingerprint density at radius 1 is 0.591 bits per heavy atom. The van der Waals surface area contributed by atoms with E-state index in [9.17, 15) is 0 Å². The van der Waals surface area contributed by atoms with Gasteiger partial charge >= 0.3 is 0 Å². The summed E-state index contributed by atoms with van der Waals surface area (Å²) in [4.78, 5) is 0. The maximum absolute atomic E-state index is 3.09. The van der Waals surface area contributed by atoms with Crippen molar-refractivity contribution in [2.75, 3.05) is 0 Å². The van der Waals surface area contributed by atoms with Crippen LogP contribution in [0.3, 0.4) is 0 Å². The largest absolute Gasteiger partial charge is 0.121 e. The van der Waals surface area contributed by atoms with E-state index in [1.54, 1.807) is 0 Å². The van der Waals surface area contributed by atoms with Gasteiger partial charge in [0.25, 0.3) is 0 Å². The van der Waals surface area contributed by atoms with Gasteiger partial charge in [0, 0.05) is 5.16 Å². The summed E-state index contributed by atoms with van der Waals surface area (Å²) in [5.74, 6) is 0.